The first-order chi connectivity index (χ1) is 13.1. The molecule has 1 saturated carbocycles. The highest BCUT2D eigenvalue weighted by molar-refractivity contribution is 6.35. The molecule has 0 radical (unpaired) electrons. The molecule has 27 heavy (non-hydrogen) atoms. The van der Waals surface area contributed by atoms with Gasteiger partial charge in [-0.1, -0.05) is 30.3 Å². The van der Waals surface area contributed by atoms with E-state index in [9.17, 15) is 14.4 Å². The number of nitrogens with zero attached hydrogens (tertiary/aromatic N) is 2. The lowest BCUT2D eigenvalue weighted by Crippen LogP contribution is -2.54. The predicted molar refractivity (Wildman–Crippen MR) is 102 cm³/mol. The Kier molecular flexibility index (Phi) is 6.81. The van der Waals surface area contributed by atoms with Crippen molar-refractivity contribution in [2.45, 2.75) is 31.7 Å². The Morgan fingerprint density at radius 3 is 2.37 bits per heavy atom. The second-order valence-corrected chi connectivity index (χ2v) is 7.26. The van der Waals surface area contributed by atoms with E-state index < -0.39 is 11.8 Å². The van der Waals surface area contributed by atoms with E-state index in [1.165, 1.54) is 5.56 Å². The van der Waals surface area contributed by atoms with Crippen molar-refractivity contribution in [1.82, 2.24) is 20.4 Å². The molecular weight excluding hydrogens is 344 g/mol. The minimum atomic E-state index is -0.498. The van der Waals surface area contributed by atoms with Gasteiger partial charge in [0.2, 0.25) is 5.91 Å². The monoisotopic (exact) mass is 372 g/mol. The fraction of sp³-hybridized carbons (Fsp3) is 0.550. The number of nitrogens with one attached hydrogen (secondary N) is 2. The Morgan fingerprint density at radius 1 is 1.00 bits per heavy atom. The highest BCUT2D eigenvalue weighted by Gasteiger charge is 2.30. The summed E-state index contributed by atoms with van der Waals surface area (Å²) in [7, 11) is 0. The summed E-state index contributed by atoms with van der Waals surface area (Å²) in [6.45, 7) is 3.19. The molecule has 1 aromatic rings. The Labute approximate surface area is 160 Å². The van der Waals surface area contributed by atoms with Gasteiger partial charge in [-0.15, -0.1) is 0 Å². The maximum absolute atomic E-state index is 12.1. The predicted octanol–water partition coefficient (Wildman–Crippen LogP) is 0.158. The molecule has 2 aliphatic rings. The van der Waals surface area contributed by atoms with Crippen LogP contribution in [0.25, 0.3) is 0 Å². The van der Waals surface area contributed by atoms with E-state index in [0.717, 1.165) is 25.7 Å². The van der Waals surface area contributed by atoms with Gasteiger partial charge in [-0.3, -0.25) is 19.3 Å². The highest BCUT2D eigenvalue weighted by atomic mass is 16.2. The molecule has 1 aliphatic carbocycles. The SMILES string of the molecule is O=C(CN1CCN(C(=O)C(=O)NC2CC2)CC1)NCCCc1ccccc1. The molecule has 2 N–H and O–H groups in total. The van der Waals surface area contributed by atoms with E-state index in [0.29, 0.717) is 39.3 Å². The number of rotatable bonds is 7. The van der Waals surface area contributed by atoms with Gasteiger partial charge < -0.3 is 15.5 Å². The van der Waals surface area contributed by atoms with Crippen molar-refractivity contribution < 1.29 is 14.4 Å². The summed E-state index contributed by atoms with van der Waals surface area (Å²) in [6.07, 6.45) is 3.79. The van der Waals surface area contributed by atoms with Gasteiger partial charge in [-0.05, 0) is 31.2 Å². The van der Waals surface area contributed by atoms with Crippen molar-refractivity contribution in [3.05, 3.63) is 35.9 Å². The quantitative estimate of drug-likeness (QED) is 0.528. The number of carbonyl (C=O) groups is 3. The summed E-state index contributed by atoms with van der Waals surface area (Å²) in [4.78, 5) is 39.6. The third kappa shape index (κ3) is 6.36. The molecule has 0 spiro atoms. The van der Waals surface area contributed by atoms with Gasteiger partial charge in [0, 0.05) is 38.8 Å². The molecule has 0 bridgehead atoms. The topological polar surface area (TPSA) is 81.8 Å². The minimum absolute atomic E-state index is 0.00862. The van der Waals surface area contributed by atoms with Crippen molar-refractivity contribution in [3.63, 3.8) is 0 Å². The number of hydrogen-bond donors (Lipinski definition) is 2. The van der Waals surface area contributed by atoms with Crippen LogP contribution in [0.1, 0.15) is 24.8 Å². The number of hydrogen-bond acceptors (Lipinski definition) is 4. The van der Waals surface area contributed by atoms with Crippen molar-refractivity contribution in [2.75, 3.05) is 39.3 Å². The summed E-state index contributed by atoms with van der Waals surface area (Å²) >= 11 is 0. The molecule has 2 fully saturated rings. The van der Waals surface area contributed by atoms with Crippen LogP contribution in [0, 0.1) is 0 Å². The van der Waals surface area contributed by atoms with Crippen LogP contribution in [-0.2, 0) is 20.8 Å². The molecule has 7 nitrogen and oxygen atoms in total. The molecule has 3 amide bonds. The third-order valence-electron chi connectivity index (χ3n) is 4.94. The first-order valence-corrected chi connectivity index (χ1v) is 9.74. The number of piperazine rings is 1. The normalized spacial score (nSPS) is 17.4. The molecule has 1 heterocycles. The maximum Gasteiger partial charge on any atom is 0.311 e. The summed E-state index contributed by atoms with van der Waals surface area (Å²) in [5, 5.41) is 5.68. The second kappa shape index (κ2) is 9.50. The summed E-state index contributed by atoms with van der Waals surface area (Å²) in [5.41, 5.74) is 1.28. The first kappa shape index (κ1) is 19.4. The zero-order chi connectivity index (χ0) is 19.1. The van der Waals surface area contributed by atoms with Crippen LogP contribution in [0.5, 0.6) is 0 Å². The zero-order valence-corrected chi connectivity index (χ0v) is 15.7. The Bertz CT molecular complexity index is 652. The Balaban J connectivity index is 1.28. The Morgan fingerprint density at radius 2 is 1.70 bits per heavy atom. The summed E-state index contributed by atoms with van der Waals surface area (Å²) < 4.78 is 0. The largest absolute Gasteiger partial charge is 0.355 e. The molecule has 3 rings (SSSR count). The van der Waals surface area contributed by atoms with Gasteiger partial charge >= 0.3 is 11.8 Å². The summed E-state index contributed by atoms with van der Waals surface area (Å²) in [6, 6.07) is 10.4. The molecule has 0 unspecified atom stereocenters. The van der Waals surface area contributed by atoms with Crippen molar-refractivity contribution >= 4 is 17.7 Å². The second-order valence-electron chi connectivity index (χ2n) is 7.26. The van der Waals surface area contributed by atoms with Crippen LogP contribution in [0.3, 0.4) is 0 Å². The first-order valence-electron chi connectivity index (χ1n) is 9.74. The molecule has 7 heteroatoms. The van der Waals surface area contributed by atoms with Gasteiger partial charge in [-0.25, -0.2) is 0 Å². The van der Waals surface area contributed by atoms with Crippen molar-refractivity contribution in [3.8, 4) is 0 Å². The van der Waals surface area contributed by atoms with Crippen LogP contribution < -0.4 is 10.6 Å². The summed E-state index contributed by atoms with van der Waals surface area (Å²) in [5.74, 6) is -0.941. The van der Waals surface area contributed by atoms with E-state index in [2.05, 4.69) is 22.8 Å². The average molecular weight is 372 g/mol. The van der Waals surface area contributed by atoms with E-state index in [4.69, 9.17) is 0 Å². The standard InChI is InChI=1S/C20H28N4O3/c25-18(21-10-4-7-16-5-2-1-3-6-16)15-23-11-13-24(14-12-23)20(27)19(26)22-17-8-9-17/h1-3,5-6,17H,4,7-15H2,(H,21,25)(H,22,26). The van der Waals surface area contributed by atoms with E-state index >= 15 is 0 Å². The van der Waals surface area contributed by atoms with Crippen LogP contribution in [0.4, 0.5) is 0 Å². The lowest BCUT2D eigenvalue weighted by molar-refractivity contribution is -0.147. The van der Waals surface area contributed by atoms with Gasteiger partial charge in [0.1, 0.15) is 0 Å². The van der Waals surface area contributed by atoms with E-state index in [-0.39, 0.29) is 11.9 Å². The lowest BCUT2D eigenvalue weighted by atomic mass is 10.1. The van der Waals surface area contributed by atoms with Crippen molar-refractivity contribution in [1.29, 1.82) is 0 Å². The maximum atomic E-state index is 12.1. The minimum Gasteiger partial charge on any atom is -0.355 e. The van der Waals surface area contributed by atoms with Gasteiger partial charge in [0.25, 0.3) is 0 Å². The number of amides is 3. The van der Waals surface area contributed by atoms with Gasteiger partial charge in [-0.2, -0.15) is 0 Å². The fourth-order valence-electron chi connectivity index (χ4n) is 3.15. The van der Waals surface area contributed by atoms with Gasteiger partial charge in [0.05, 0.1) is 6.54 Å². The van der Waals surface area contributed by atoms with Crippen molar-refractivity contribution in [2.24, 2.45) is 0 Å². The van der Waals surface area contributed by atoms with E-state index in [1.807, 2.05) is 23.1 Å². The lowest BCUT2D eigenvalue weighted by Gasteiger charge is -2.33. The Hall–Kier alpha value is -2.41. The van der Waals surface area contributed by atoms with Crippen LogP contribution >= 0.6 is 0 Å². The molecule has 146 valence electrons. The molecule has 1 aromatic carbocycles. The fourth-order valence-corrected chi connectivity index (χ4v) is 3.15. The van der Waals surface area contributed by atoms with Gasteiger partial charge in [0.15, 0.2) is 0 Å². The smallest absolute Gasteiger partial charge is 0.311 e. The zero-order valence-electron chi connectivity index (χ0n) is 15.7. The van der Waals surface area contributed by atoms with E-state index in [1.54, 1.807) is 4.90 Å². The number of benzene rings is 1. The number of carbonyl (C=O) groups excluding carboxylic acids is 3. The molecular formula is C20H28N4O3. The molecule has 0 aromatic heterocycles. The average Bonchev–Trinajstić information content (AvgIpc) is 3.50. The molecule has 0 atom stereocenters. The van der Waals surface area contributed by atoms with Crippen LogP contribution in [0.15, 0.2) is 30.3 Å². The third-order valence-corrected chi connectivity index (χ3v) is 4.94. The molecule has 1 saturated heterocycles. The molecule has 1 aliphatic heterocycles. The number of aryl methyl sites for hydroxylation is 1. The van der Waals surface area contributed by atoms with Crippen LogP contribution in [0.2, 0.25) is 0 Å². The highest BCUT2D eigenvalue weighted by Crippen LogP contribution is 2.18. The van der Waals surface area contributed by atoms with Crippen LogP contribution in [-0.4, -0.2) is 72.8 Å².